The molecule has 2 aromatic carbocycles. The highest BCUT2D eigenvalue weighted by Gasteiger charge is 2.27. The van der Waals surface area contributed by atoms with Crippen LogP contribution in [0.2, 0.25) is 0 Å². The number of benzene rings is 2. The largest absolute Gasteiger partial charge is 0.496 e. The molecule has 4 heterocycles. The highest BCUT2D eigenvalue weighted by molar-refractivity contribution is 5.81. The number of anilines is 1. The van der Waals surface area contributed by atoms with Gasteiger partial charge in [0.2, 0.25) is 0 Å². The van der Waals surface area contributed by atoms with E-state index >= 15 is 0 Å². The molecule has 0 aliphatic carbocycles. The third-order valence-electron chi connectivity index (χ3n) is 5.86. The number of nitrogens with zero attached hydrogens (tertiary/aromatic N) is 6. The molecule has 0 radical (unpaired) electrons. The number of rotatable bonds is 6. The summed E-state index contributed by atoms with van der Waals surface area (Å²) in [5, 5.41) is 17.2. The number of ether oxygens (including phenoxy) is 2. The minimum Gasteiger partial charge on any atom is -0.496 e. The summed E-state index contributed by atoms with van der Waals surface area (Å²) in [6.45, 7) is 3.08. The number of aromatic nitrogens is 5. The molecule has 3 aromatic heterocycles. The summed E-state index contributed by atoms with van der Waals surface area (Å²) in [7, 11) is 1.63. The molecule has 10 nitrogen and oxygen atoms in total. The Morgan fingerprint density at radius 3 is 2.54 bits per heavy atom. The van der Waals surface area contributed by atoms with Crippen LogP contribution in [-0.2, 0) is 4.74 Å². The lowest BCUT2D eigenvalue weighted by Gasteiger charge is -2.29. The minimum atomic E-state index is 0.268. The molecule has 6 rings (SSSR count). The second kappa shape index (κ2) is 9.07. The first-order chi connectivity index (χ1) is 17.3. The van der Waals surface area contributed by atoms with Crippen molar-refractivity contribution >= 4 is 5.69 Å². The first-order valence-electron chi connectivity index (χ1n) is 11.2. The molecule has 1 aliphatic rings. The van der Waals surface area contributed by atoms with Gasteiger partial charge in [0.25, 0.3) is 17.7 Å². The number of morpholine rings is 1. The van der Waals surface area contributed by atoms with Crippen LogP contribution in [0.5, 0.6) is 5.75 Å². The standard InChI is InChI=1S/C25H22N6O4/c1-32-20-16-18(30-12-14-33-15-13-30)8-9-19(20)23-27-28-24(34-23)21-22(17-6-3-2-4-7-17)29-35-25(21)31-11-5-10-26-31/h2-11,16H,12-15H2,1H3. The SMILES string of the molecule is COc1cc(N2CCOCC2)ccc1-c1nnc(-c2c(-c3ccccc3)noc2-n2cccn2)o1. The summed E-state index contributed by atoms with van der Waals surface area (Å²) >= 11 is 0. The van der Waals surface area contributed by atoms with Crippen LogP contribution in [0.3, 0.4) is 0 Å². The zero-order chi connectivity index (χ0) is 23.6. The molecule has 0 saturated carbocycles. The summed E-state index contributed by atoms with van der Waals surface area (Å²) < 4.78 is 24.6. The van der Waals surface area contributed by atoms with Crippen molar-refractivity contribution in [2.24, 2.45) is 0 Å². The van der Waals surface area contributed by atoms with Gasteiger partial charge in [0.05, 0.1) is 25.9 Å². The fourth-order valence-corrected chi connectivity index (χ4v) is 4.12. The van der Waals surface area contributed by atoms with E-state index in [-0.39, 0.29) is 5.89 Å². The first kappa shape index (κ1) is 21.1. The molecule has 5 aromatic rings. The van der Waals surface area contributed by atoms with Crippen molar-refractivity contribution in [1.29, 1.82) is 0 Å². The lowest BCUT2D eigenvalue weighted by atomic mass is 10.1. The number of hydrogen-bond donors (Lipinski definition) is 0. The molecule has 1 fully saturated rings. The van der Waals surface area contributed by atoms with E-state index in [1.807, 2.05) is 48.5 Å². The Morgan fingerprint density at radius 2 is 1.77 bits per heavy atom. The fourth-order valence-electron chi connectivity index (χ4n) is 4.12. The van der Waals surface area contributed by atoms with Gasteiger partial charge in [-0.2, -0.15) is 5.10 Å². The van der Waals surface area contributed by atoms with Gasteiger partial charge in [0.15, 0.2) is 0 Å². The van der Waals surface area contributed by atoms with E-state index in [9.17, 15) is 0 Å². The van der Waals surface area contributed by atoms with Crippen LogP contribution >= 0.6 is 0 Å². The third-order valence-corrected chi connectivity index (χ3v) is 5.86. The van der Waals surface area contributed by atoms with E-state index in [2.05, 4.69) is 25.4 Å². The van der Waals surface area contributed by atoms with E-state index in [4.69, 9.17) is 18.4 Å². The minimum absolute atomic E-state index is 0.268. The predicted octanol–water partition coefficient (Wildman–Crippen LogP) is 4.09. The maximum atomic E-state index is 6.17. The molecule has 0 atom stereocenters. The van der Waals surface area contributed by atoms with Gasteiger partial charge in [0, 0.05) is 42.8 Å². The average molecular weight is 470 g/mol. The van der Waals surface area contributed by atoms with Gasteiger partial charge in [0.1, 0.15) is 17.0 Å². The van der Waals surface area contributed by atoms with Crippen LogP contribution in [0.15, 0.2) is 75.9 Å². The first-order valence-corrected chi connectivity index (χ1v) is 11.2. The van der Waals surface area contributed by atoms with Crippen molar-refractivity contribution in [3.8, 4) is 45.8 Å². The van der Waals surface area contributed by atoms with E-state index in [1.165, 1.54) is 0 Å². The second-order valence-corrected chi connectivity index (χ2v) is 7.92. The van der Waals surface area contributed by atoms with Crippen molar-refractivity contribution in [3.63, 3.8) is 0 Å². The molecule has 35 heavy (non-hydrogen) atoms. The summed E-state index contributed by atoms with van der Waals surface area (Å²) in [4.78, 5) is 2.26. The van der Waals surface area contributed by atoms with Crippen molar-refractivity contribution in [3.05, 3.63) is 67.0 Å². The smallest absolute Gasteiger partial charge is 0.265 e. The molecule has 1 saturated heterocycles. The Kier molecular flexibility index (Phi) is 5.47. The Morgan fingerprint density at radius 1 is 0.943 bits per heavy atom. The van der Waals surface area contributed by atoms with Crippen molar-refractivity contribution in [2.75, 3.05) is 38.3 Å². The summed E-state index contributed by atoms with van der Waals surface area (Å²) in [6.07, 6.45) is 3.43. The Balaban J connectivity index is 1.41. The van der Waals surface area contributed by atoms with Crippen LogP contribution in [0.25, 0.3) is 40.0 Å². The third kappa shape index (κ3) is 3.93. The molecular formula is C25H22N6O4. The molecule has 10 heteroatoms. The summed E-state index contributed by atoms with van der Waals surface area (Å²) in [5.74, 6) is 1.63. The zero-order valence-corrected chi connectivity index (χ0v) is 19.0. The quantitative estimate of drug-likeness (QED) is 0.363. The van der Waals surface area contributed by atoms with Crippen LogP contribution in [0.1, 0.15) is 0 Å². The van der Waals surface area contributed by atoms with E-state index in [0.29, 0.717) is 47.6 Å². The highest BCUT2D eigenvalue weighted by atomic mass is 16.5. The molecule has 0 unspecified atom stereocenters. The van der Waals surface area contributed by atoms with Crippen molar-refractivity contribution in [1.82, 2.24) is 25.1 Å². The normalized spacial score (nSPS) is 13.8. The van der Waals surface area contributed by atoms with Crippen molar-refractivity contribution < 1.29 is 18.4 Å². The van der Waals surface area contributed by atoms with Gasteiger partial charge in [-0.15, -0.1) is 10.2 Å². The van der Waals surface area contributed by atoms with Crippen LogP contribution in [0.4, 0.5) is 5.69 Å². The molecule has 0 amide bonds. The maximum Gasteiger partial charge on any atom is 0.265 e. The second-order valence-electron chi connectivity index (χ2n) is 7.92. The van der Waals surface area contributed by atoms with Crippen LogP contribution in [-0.4, -0.2) is 58.5 Å². The summed E-state index contributed by atoms with van der Waals surface area (Å²) in [5.41, 5.74) is 3.75. The van der Waals surface area contributed by atoms with E-state index in [0.717, 1.165) is 24.3 Å². The van der Waals surface area contributed by atoms with Gasteiger partial charge in [-0.3, -0.25) is 0 Å². The van der Waals surface area contributed by atoms with Gasteiger partial charge in [-0.05, 0) is 18.2 Å². The van der Waals surface area contributed by atoms with E-state index < -0.39 is 0 Å². The molecule has 1 aliphatic heterocycles. The zero-order valence-electron chi connectivity index (χ0n) is 19.0. The summed E-state index contributed by atoms with van der Waals surface area (Å²) in [6, 6.07) is 17.4. The molecule has 0 bridgehead atoms. The Hall–Kier alpha value is -4.44. The number of hydrogen-bond acceptors (Lipinski definition) is 9. The molecule has 0 N–H and O–H groups in total. The lowest BCUT2D eigenvalue weighted by molar-refractivity contribution is 0.122. The Bertz CT molecular complexity index is 1420. The van der Waals surface area contributed by atoms with Crippen molar-refractivity contribution in [2.45, 2.75) is 0 Å². The fraction of sp³-hybridized carbons (Fsp3) is 0.200. The Labute approximate surface area is 200 Å². The molecule has 0 spiro atoms. The van der Waals surface area contributed by atoms with Gasteiger partial charge >= 0.3 is 0 Å². The predicted molar refractivity (Wildman–Crippen MR) is 127 cm³/mol. The maximum absolute atomic E-state index is 6.17. The topological polar surface area (TPSA) is 104 Å². The average Bonchev–Trinajstić information content (AvgIpc) is 3.70. The van der Waals surface area contributed by atoms with Crippen LogP contribution in [0, 0.1) is 0 Å². The molecular weight excluding hydrogens is 448 g/mol. The van der Waals surface area contributed by atoms with Gasteiger partial charge < -0.3 is 23.3 Å². The van der Waals surface area contributed by atoms with Crippen LogP contribution < -0.4 is 9.64 Å². The monoisotopic (exact) mass is 470 g/mol. The highest BCUT2D eigenvalue weighted by Crippen LogP contribution is 2.39. The molecule has 176 valence electrons. The van der Waals surface area contributed by atoms with E-state index in [1.54, 1.807) is 30.3 Å². The lowest BCUT2D eigenvalue weighted by Crippen LogP contribution is -2.36. The van der Waals surface area contributed by atoms with Gasteiger partial charge in [-0.25, -0.2) is 4.68 Å². The number of methoxy groups -OCH3 is 1. The van der Waals surface area contributed by atoms with Gasteiger partial charge in [-0.1, -0.05) is 35.5 Å².